The van der Waals surface area contributed by atoms with E-state index in [-0.39, 0.29) is 0 Å². The normalized spacial score (nSPS) is 20.2. The van der Waals surface area contributed by atoms with Gasteiger partial charge in [-0.1, -0.05) is 32.1 Å². The van der Waals surface area contributed by atoms with E-state index in [2.05, 4.69) is 16.3 Å². The van der Waals surface area contributed by atoms with Crippen molar-refractivity contribution in [3.8, 4) is 6.07 Å². The van der Waals surface area contributed by atoms with E-state index in [4.69, 9.17) is 0 Å². The summed E-state index contributed by atoms with van der Waals surface area (Å²) < 4.78 is 1.05. The van der Waals surface area contributed by atoms with E-state index in [0.29, 0.717) is 12.8 Å². The molecular weight excluding hydrogens is 220 g/mol. The first-order valence-electron chi connectivity index (χ1n) is 6.01. The Morgan fingerprint density at radius 1 is 1.00 bits per heavy atom. The number of nitrogens with one attached hydrogen (secondary N) is 2. The van der Waals surface area contributed by atoms with Crippen molar-refractivity contribution < 1.29 is 0 Å². The lowest BCUT2D eigenvalue weighted by molar-refractivity contribution is 0.274. The van der Waals surface area contributed by atoms with Gasteiger partial charge in [0.2, 0.25) is 0 Å². The molecular formula is C11H16N4O2. The highest BCUT2D eigenvalue weighted by Crippen LogP contribution is 2.30. The zero-order valence-corrected chi connectivity index (χ0v) is 9.66. The molecule has 1 saturated carbocycles. The Kier molecular flexibility index (Phi) is 3.18. The Morgan fingerprint density at radius 3 is 1.94 bits per heavy atom. The van der Waals surface area contributed by atoms with Gasteiger partial charge in [0.1, 0.15) is 5.54 Å². The minimum absolute atomic E-state index is 0.517. The van der Waals surface area contributed by atoms with Gasteiger partial charge in [-0.05, 0) is 12.8 Å². The Morgan fingerprint density at radius 2 is 1.47 bits per heavy atom. The van der Waals surface area contributed by atoms with E-state index in [1.165, 1.54) is 6.42 Å². The summed E-state index contributed by atoms with van der Waals surface area (Å²) >= 11 is 0. The van der Waals surface area contributed by atoms with Crippen LogP contribution >= 0.6 is 0 Å². The van der Waals surface area contributed by atoms with Gasteiger partial charge in [-0.25, -0.2) is 24.4 Å². The summed E-state index contributed by atoms with van der Waals surface area (Å²) in [4.78, 5) is 23.3. The minimum atomic E-state index is -0.967. The van der Waals surface area contributed by atoms with Gasteiger partial charge in [-0.2, -0.15) is 5.26 Å². The first kappa shape index (κ1) is 11.7. The second-order valence-electron chi connectivity index (χ2n) is 4.61. The quantitative estimate of drug-likeness (QED) is 0.756. The molecule has 1 fully saturated rings. The largest absolute Gasteiger partial charge is 0.345 e. The summed E-state index contributed by atoms with van der Waals surface area (Å²) in [7, 11) is 0. The standard InChI is InChI=1S/C11H16N4O2/c12-8-11(6-4-2-1-3-5-7-11)15-9(16)13-14-10(15)17/h1-7H2,(H,13,16)(H,14,17). The van der Waals surface area contributed by atoms with Crippen molar-refractivity contribution >= 4 is 0 Å². The topological polar surface area (TPSA) is 94.4 Å². The maximum atomic E-state index is 11.6. The summed E-state index contributed by atoms with van der Waals surface area (Å²) in [5, 5.41) is 13.9. The van der Waals surface area contributed by atoms with E-state index in [1.54, 1.807) is 0 Å². The Bertz CT molecular complexity index is 495. The zero-order valence-electron chi connectivity index (χ0n) is 9.66. The third-order valence-corrected chi connectivity index (χ3v) is 3.50. The average molecular weight is 236 g/mol. The van der Waals surface area contributed by atoms with Crippen molar-refractivity contribution in [3.05, 3.63) is 21.0 Å². The maximum absolute atomic E-state index is 11.6. The van der Waals surface area contributed by atoms with Crippen LogP contribution in [0.1, 0.15) is 44.9 Å². The Labute approximate surface area is 98.3 Å². The molecule has 2 N–H and O–H groups in total. The molecule has 1 aliphatic carbocycles. The van der Waals surface area contributed by atoms with Crippen molar-refractivity contribution in [2.75, 3.05) is 0 Å². The van der Waals surface area contributed by atoms with Crippen LogP contribution in [0.15, 0.2) is 9.59 Å². The predicted molar refractivity (Wildman–Crippen MR) is 61.6 cm³/mol. The summed E-state index contributed by atoms with van der Waals surface area (Å²) in [5.41, 5.74) is -2.00. The number of nitrogens with zero attached hydrogens (tertiary/aromatic N) is 2. The molecule has 0 atom stereocenters. The van der Waals surface area contributed by atoms with Crippen LogP contribution in [0.5, 0.6) is 0 Å². The molecule has 0 saturated heterocycles. The molecule has 1 aliphatic rings. The number of nitriles is 1. The van der Waals surface area contributed by atoms with Crippen LogP contribution in [0.3, 0.4) is 0 Å². The summed E-state index contributed by atoms with van der Waals surface area (Å²) in [5.74, 6) is 0. The highest BCUT2D eigenvalue weighted by atomic mass is 16.2. The van der Waals surface area contributed by atoms with Crippen LogP contribution in [0.4, 0.5) is 0 Å². The third kappa shape index (κ3) is 2.05. The Hall–Kier alpha value is -1.77. The molecule has 0 radical (unpaired) electrons. The third-order valence-electron chi connectivity index (χ3n) is 3.50. The number of hydrogen-bond acceptors (Lipinski definition) is 3. The van der Waals surface area contributed by atoms with Gasteiger partial charge in [0.15, 0.2) is 0 Å². The molecule has 0 bridgehead atoms. The van der Waals surface area contributed by atoms with Crippen molar-refractivity contribution in [1.29, 1.82) is 5.26 Å². The summed E-state index contributed by atoms with van der Waals surface area (Å²) in [6, 6.07) is 2.19. The highest BCUT2D eigenvalue weighted by molar-refractivity contribution is 5.05. The van der Waals surface area contributed by atoms with Crippen LogP contribution in [0.25, 0.3) is 0 Å². The fourth-order valence-corrected chi connectivity index (χ4v) is 2.58. The van der Waals surface area contributed by atoms with Crippen molar-refractivity contribution in [1.82, 2.24) is 14.8 Å². The van der Waals surface area contributed by atoms with E-state index < -0.39 is 16.9 Å². The van der Waals surface area contributed by atoms with Crippen LogP contribution in [0, 0.1) is 11.3 Å². The number of aromatic nitrogens is 3. The van der Waals surface area contributed by atoms with Crippen LogP contribution in [-0.2, 0) is 5.54 Å². The lowest BCUT2D eigenvalue weighted by Gasteiger charge is -2.27. The van der Waals surface area contributed by atoms with Crippen molar-refractivity contribution in [2.24, 2.45) is 0 Å². The molecule has 0 aromatic carbocycles. The highest BCUT2D eigenvalue weighted by Gasteiger charge is 2.35. The fraction of sp³-hybridized carbons (Fsp3) is 0.727. The monoisotopic (exact) mass is 236 g/mol. The summed E-state index contributed by atoms with van der Waals surface area (Å²) in [6.07, 6.45) is 6.19. The molecule has 0 aliphatic heterocycles. The fourth-order valence-electron chi connectivity index (χ4n) is 2.58. The van der Waals surface area contributed by atoms with E-state index in [9.17, 15) is 14.9 Å². The van der Waals surface area contributed by atoms with Gasteiger partial charge in [0, 0.05) is 0 Å². The number of aromatic amines is 2. The molecule has 0 spiro atoms. The van der Waals surface area contributed by atoms with E-state index in [0.717, 1.165) is 30.3 Å². The molecule has 1 heterocycles. The summed E-state index contributed by atoms with van der Waals surface area (Å²) in [6.45, 7) is 0. The van der Waals surface area contributed by atoms with Crippen molar-refractivity contribution in [2.45, 2.75) is 50.5 Å². The van der Waals surface area contributed by atoms with E-state index in [1.807, 2.05) is 0 Å². The van der Waals surface area contributed by atoms with Gasteiger partial charge in [-0.3, -0.25) is 0 Å². The van der Waals surface area contributed by atoms with Crippen molar-refractivity contribution in [3.63, 3.8) is 0 Å². The molecule has 0 unspecified atom stereocenters. The number of hydrogen-bond donors (Lipinski definition) is 2. The average Bonchev–Trinajstić information content (AvgIpc) is 2.61. The minimum Gasteiger partial charge on any atom is -0.247 e. The smallest absolute Gasteiger partial charge is 0.247 e. The van der Waals surface area contributed by atoms with Gasteiger partial charge in [-0.15, -0.1) is 0 Å². The van der Waals surface area contributed by atoms with Crippen LogP contribution in [0.2, 0.25) is 0 Å². The molecule has 1 aromatic heterocycles. The molecule has 0 amide bonds. The maximum Gasteiger partial charge on any atom is 0.345 e. The molecule has 1 aromatic rings. The lowest BCUT2D eigenvalue weighted by atomic mass is 9.85. The number of rotatable bonds is 1. The van der Waals surface area contributed by atoms with Crippen LogP contribution in [-0.4, -0.2) is 14.8 Å². The number of H-pyrrole nitrogens is 2. The molecule has 92 valence electrons. The van der Waals surface area contributed by atoms with Crippen LogP contribution < -0.4 is 11.4 Å². The van der Waals surface area contributed by atoms with Gasteiger partial charge in [0.05, 0.1) is 6.07 Å². The van der Waals surface area contributed by atoms with E-state index >= 15 is 0 Å². The Balaban J connectivity index is 2.46. The lowest BCUT2D eigenvalue weighted by Crippen LogP contribution is -2.45. The molecule has 17 heavy (non-hydrogen) atoms. The first-order valence-corrected chi connectivity index (χ1v) is 6.01. The van der Waals surface area contributed by atoms with Gasteiger partial charge in [0.25, 0.3) is 0 Å². The first-order chi connectivity index (χ1) is 8.19. The molecule has 6 nitrogen and oxygen atoms in total. The second kappa shape index (κ2) is 4.62. The zero-order chi connectivity index (χ0) is 12.3. The van der Waals surface area contributed by atoms with Gasteiger partial charge >= 0.3 is 11.4 Å². The van der Waals surface area contributed by atoms with Gasteiger partial charge < -0.3 is 0 Å². The predicted octanol–water partition coefficient (Wildman–Crippen LogP) is 0.828. The SMILES string of the molecule is N#CC1(n2c(=O)[nH][nH]c2=O)CCCCCCC1. The second-order valence-corrected chi connectivity index (χ2v) is 4.61. The molecule has 6 heteroatoms. The molecule has 2 rings (SSSR count).